The van der Waals surface area contributed by atoms with Crippen LogP contribution in [0.5, 0.6) is 0 Å². The van der Waals surface area contributed by atoms with Crippen molar-refractivity contribution in [2.45, 2.75) is 71.3 Å². The van der Waals surface area contributed by atoms with Gasteiger partial charge < -0.3 is 15.1 Å². The van der Waals surface area contributed by atoms with Crippen LogP contribution < -0.4 is 5.32 Å². The quantitative estimate of drug-likeness (QED) is 0.763. The van der Waals surface area contributed by atoms with Gasteiger partial charge >= 0.3 is 6.03 Å². The lowest BCUT2D eigenvalue weighted by Gasteiger charge is -2.35. The van der Waals surface area contributed by atoms with Crippen LogP contribution in [0.15, 0.2) is 0 Å². The van der Waals surface area contributed by atoms with E-state index in [1.165, 1.54) is 51.7 Å². The highest BCUT2D eigenvalue weighted by Gasteiger charge is 2.24. The molecular formula is C18H35N3O. The van der Waals surface area contributed by atoms with E-state index < -0.39 is 0 Å². The summed E-state index contributed by atoms with van der Waals surface area (Å²) in [6.07, 6.45) is 9.70. The molecule has 1 atom stereocenters. The summed E-state index contributed by atoms with van der Waals surface area (Å²) in [6, 6.07) is 0.627. The molecule has 4 heteroatoms. The van der Waals surface area contributed by atoms with E-state index >= 15 is 0 Å². The maximum atomic E-state index is 12.3. The summed E-state index contributed by atoms with van der Waals surface area (Å²) in [4.78, 5) is 16.9. The number of nitrogens with zero attached hydrogens (tertiary/aromatic N) is 2. The zero-order chi connectivity index (χ0) is 15.8. The molecule has 1 N–H and O–H groups in total. The van der Waals surface area contributed by atoms with E-state index in [-0.39, 0.29) is 6.03 Å². The van der Waals surface area contributed by atoms with Gasteiger partial charge in [0.05, 0.1) is 0 Å². The molecule has 2 amide bonds. The molecule has 2 saturated heterocycles. The van der Waals surface area contributed by atoms with E-state index in [1.54, 1.807) is 0 Å². The largest absolute Gasteiger partial charge is 0.338 e. The number of urea groups is 1. The van der Waals surface area contributed by atoms with Crippen molar-refractivity contribution in [2.75, 3.05) is 32.7 Å². The second-order valence-corrected chi connectivity index (χ2v) is 7.21. The predicted molar refractivity (Wildman–Crippen MR) is 92.1 cm³/mol. The molecule has 2 aliphatic heterocycles. The van der Waals surface area contributed by atoms with Crippen molar-refractivity contribution < 1.29 is 4.79 Å². The maximum Gasteiger partial charge on any atom is 0.317 e. The number of likely N-dealkylation sites (tertiary alicyclic amines) is 2. The minimum atomic E-state index is 0.165. The van der Waals surface area contributed by atoms with Crippen molar-refractivity contribution in [3.8, 4) is 0 Å². The van der Waals surface area contributed by atoms with Gasteiger partial charge in [0.1, 0.15) is 0 Å². The number of carbonyl (C=O) groups excluding carboxylic acids is 1. The standard InChI is InChI=1S/C18H35N3O/c1-3-17-8-4-6-13-21(17)18(22)19-11-5-7-12-20-14-9-16(2)10-15-20/h16-17H,3-15H2,1-2H3,(H,19,22). The van der Waals surface area contributed by atoms with Crippen LogP contribution in [-0.4, -0.2) is 54.6 Å². The fourth-order valence-electron chi connectivity index (χ4n) is 3.74. The highest BCUT2D eigenvalue weighted by molar-refractivity contribution is 5.74. The van der Waals surface area contributed by atoms with Gasteiger partial charge in [-0.05, 0) is 76.9 Å². The molecule has 4 nitrogen and oxygen atoms in total. The van der Waals surface area contributed by atoms with Crippen LogP contribution in [0.25, 0.3) is 0 Å². The van der Waals surface area contributed by atoms with E-state index in [1.807, 2.05) is 0 Å². The van der Waals surface area contributed by atoms with E-state index in [4.69, 9.17) is 0 Å². The Hall–Kier alpha value is -0.770. The lowest BCUT2D eigenvalue weighted by molar-refractivity contribution is 0.148. The first-order chi connectivity index (χ1) is 10.7. The molecule has 0 bridgehead atoms. The van der Waals surface area contributed by atoms with E-state index in [9.17, 15) is 4.79 Å². The number of hydrogen-bond acceptors (Lipinski definition) is 2. The van der Waals surface area contributed by atoms with Crippen molar-refractivity contribution in [1.29, 1.82) is 0 Å². The normalized spacial score (nSPS) is 24.5. The van der Waals surface area contributed by atoms with Crippen LogP contribution in [0.4, 0.5) is 4.79 Å². The summed E-state index contributed by atoms with van der Waals surface area (Å²) in [6.45, 7) is 10.0. The molecule has 0 aliphatic carbocycles. The molecule has 0 aromatic rings. The van der Waals surface area contributed by atoms with Gasteiger partial charge in [0, 0.05) is 19.1 Å². The predicted octanol–water partition coefficient (Wildman–Crippen LogP) is 3.47. The SMILES string of the molecule is CCC1CCCCN1C(=O)NCCCCN1CCC(C)CC1. The smallest absolute Gasteiger partial charge is 0.317 e. The van der Waals surface area contributed by atoms with Gasteiger partial charge in [-0.3, -0.25) is 0 Å². The number of carbonyl (C=O) groups is 1. The average Bonchev–Trinajstić information content (AvgIpc) is 2.56. The van der Waals surface area contributed by atoms with Crippen molar-refractivity contribution in [2.24, 2.45) is 5.92 Å². The summed E-state index contributed by atoms with van der Waals surface area (Å²) in [5.74, 6) is 0.909. The molecule has 2 aliphatic rings. The van der Waals surface area contributed by atoms with Crippen molar-refractivity contribution >= 4 is 6.03 Å². The molecule has 0 radical (unpaired) electrons. The van der Waals surface area contributed by atoms with Gasteiger partial charge in [0.2, 0.25) is 0 Å². The molecule has 2 fully saturated rings. The average molecular weight is 309 g/mol. The summed E-state index contributed by atoms with van der Waals surface area (Å²) in [7, 11) is 0. The number of nitrogens with one attached hydrogen (secondary N) is 1. The van der Waals surface area contributed by atoms with Crippen LogP contribution in [0.3, 0.4) is 0 Å². The van der Waals surface area contributed by atoms with Crippen LogP contribution in [0.2, 0.25) is 0 Å². The molecule has 0 aromatic carbocycles. The van der Waals surface area contributed by atoms with Crippen molar-refractivity contribution in [3.63, 3.8) is 0 Å². The first-order valence-electron chi connectivity index (χ1n) is 9.47. The molecule has 128 valence electrons. The van der Waals surface area contributed by atoms with Crippen LogP contribution >= 0.6 is 0 Å². The minimum absolute atomic E-state index is 0.165. The third-order valence-corrected chi connectivity index (χ3v) is 5.41. The Morgan fingerprint density at radius 2 is 1.86 bits per heavy atom. The molecule has 0 spiro atoms. The first kappa shape index (κ1) is 17.6. The summed E-state index contributed by atoms with van der Waals surface area (Å²) in [5.41, 5.74) is 0. The number of rotatable bonds is 6. The third-order valence-electron chi connectivity index (χ3n) is 5.41. The molecule has 0 aromatic heterocycles. The minimum Gasteiger partial charge on any atom is -0.338 e. The van der Waals surface area contributed by atoms with Gasteiger partial charge in [0.15, 0.2) is 0 Å². The van der Waals surface area contributed by atoms with Crippen molar-refractivity contribution in [1.82, 2.24) is 15.1 Å². The Morgan fingerprint density at radius 3 is 2.59 bits per heavy atom. The van der Waals surface area contributed by atoms with Crippen LogP contribution in [0.1, 0.15) is 65.2 Å². The summed E-state index contributed by atoms with van der Waals surface area (Å²) in [5, 5.41) is 3.13. The van der Waals surface area contributed by atoms with Crippen molar-refractivity contribution in [3.05, 3.63) is 0 Å². The zero-order valence-electron chi connectivity index (χ0n) is 14.6. The van der Waals surface area contributed by atoms with E-state index in [2.05, 4.69) is 29.0 Å². The molecule has 2 rings (SSSR count). The molecule has 22 heavy (non-hydrogen) atoms. The van der Waals surface area contributed by atoms with Crippen LogP contribution in [-0.2, 0) is 0 Å². The number of hydrogen-bond donors (Lipinski definition) is 1. The Balaban J connectivity index is 1.55. The second-order valence-electron chi connectivity index (χ2n) is 7.21. The van der Waals surface area contributed by atoms with Crippen LogP contribution in [0, 0.1) is 5.92 Å². The van der Waals surface area contributed by atoms with Gasteiger partial charge in [-0.1, -0.05) is 13.8 Å². The lowest BCUT2D eigenvalue weighted by Crippen LogP contribution is -2.48. The highest BCUT2D eigenvalue weighted by Crippen LogP contribution is 2.19. The third kappa shape index (κ3) is 5.45. The van der Waals surface area contributed by atoms with Gasteiger partial charge in [-0.2, -0.15) is 0 Å². The molecule has 1 unspecified atom stereocenters. The molecule has 0 saturated carbocycles. The fourth-order valence-corrected chi connectivity index (χ4v) is 3.74. The Labute approximate surface area is 136 Å². The Kier molecular flexibility index (Phi) is 7.50. The summed E-state index contributed by atoms with van der Waals surface area (Å²) < 4.78 is 0. The summed E-state index contributed by atoms with van der Waals surface area (Å²) >= 11 is 0. The zero-order valence-corrected chi connectivity index (χ0v) is 14.6. The number of unbranched alkanes of at least 4 members (excludes halogenated alkanes) is 1. The Morgan fingerprint density at radius 1 is 1.09 bits per heavy atom. The van der Waals surface area contributed by atoms with Gasteiger partial charge in [-0.25, -0.2) is 4.79 Å². The topological polar surface area (TPSA) is 35.6 Å². The molecular weight excluding hydrogens is 274 g/mol. The van der Waals surface area contributed by atoms with Gasteiger partial charge in [0.25, 0.3) is 0 Å². The highest BCUT2D eigenvalue weighted by atomic mass is 16.2. The first-order valence-corrected chi connectivity index (χ1v) is 9.47. The fraction of sp³-hybridized carbons (Fsp3) is 0.944. The van der Waals surface area contributed by atoms with Gasteiger partial charge in [-0.15, -0.1) is 0 Å². The lowest BCUT2D eigenvalue weighted by atomic mass is 9.99. The van der Waals surface area contributed by atoms with E-state index in [0.29, 0.717) is 6.04 Å². The second kappa shape index (κ2) is 9.39. The maximum absolute atomic E-state index is 12.3. The monoisotopic (exact) mass is 309 g/mol. The number of piperidine rings is 2. The number of amides is 2. The Bertz CT molecular complexity index is 326. The van der Waals surface area contributed by atoms with E-state index in [0.717, 1.165) is 38.3 Å². The molecule has 2 heterocycles.